The molecule has 14 heteroatoms. The van der Waals surface area contributed by atoms with Crippen molar-refractivity contribution in [1.82, 2.24) is 34.4 Å². The molecule has 0 bridgehead atoms. The van der Waals surface area contributed by atoms with Crippen LogP contribution >= 0.6 is 0 Å². The average molecular weight is 738 g/mol. The van der Waals surface area contributed by atoms with Crippen molar-refractivity contribution in [3.63, 3.8) is 0 Å². The fourth-order valence-corrected chi connectivity index (χ4v) is 7.98. The third-order valence-electron chi connectivity index (χ3n) is 10.0. The van der Waals surface area contributed by atoms with E-state index < -0.39 is 33.2 Å². The minimum atomic E-state index is -3.87. The number of nitrogens with zero attached hydrogens (tertiary/aromatic N) is 5. The zero-order chi connectivity index (χ0) is 37.4. The Morgan fingerprint density at radius 3 is 2.49 bits per heavy atom. The SMILES string of the molecule is COc1ccc2c(c1)C=C(c1c(C(=O)NC[C@@H](C)O)cnn1-c1cnccn1)Cn1c-2c(C2CCCCC2)c2ccc(C(=O)NS(=O)(=O)C(C)C)cc21. The van der Waals surface area contributed by atoms with Gasteiger partial charge in [0.2, 0.25) is 10.0 Å². The molecule has 13 nitrogen and oxygen atoms in total. The Morgan fingerprint density at radius 1 is 1.00 bits per heavy atom. The predicted molar refractivity (Wildman–Crippen MR) is 202 cm³/mol. The number of aromatic nitrogens is 5. The van der Waals surface area contributed by atoms with E-state index in [0.29, 0.717) is 22.8 Å². The molecule has 1 fully saturated rings. The largest absolute Gasteiger partial charge is 0.497 e. The number of hydrogen-bond acceptors (Lipinski definition) is 9. The second kappa shape index (κ2) is 14.6. The number of benzene rings is 2. The third kappa shape index (κ3) is 6.96. The number of rotatable bonds is 10. The Balaban J connectivity index is 1.50. The molecule has 3 N–H and O–H groups in total. The van der Waals surface area contributed by atoms with Crippen LogP contribution in [0.5, 0.6) is 5.75 Å². The maximum atomic E-state index is 13.8. The van der Waals surface area contributed by atoms with Crippen LogP contribution in [-0.4, -0.2) is 74.7 Å². The number of hydrogen-bond donors (Lipinski definition) is 3. The van der Waals surface area contributed by atoms with Gasteiger partial charge in [-0.15, -0.1) is 0 Å². The zero-order valence-electron chi connectivity index (χ0n) is 30.2. The molecule has 1 atom stereocenters. The molecule has 1 aliphatic heterocycles. The molecule has 53 heavy (non-hydrogen) atoms. The molecule has 0 unspecified atom stereocenters. The van der Waals surface area contributed by atoms with Gasteiger partial charge in [0.15, 0.2) is 5.82 Å². The van der Waals surface area contributed by atoms with Gasteiger partial charge in [0.05, 0.1) is 54.4 Å². The van der Waals surface area contributed by atoms with E-state index in [-0.39, 0.29) is 30.1 Å². The molecule has 2 amide bonds. The van der Waals surface area contributed by atoms with Gasteiger partial charge in [0.25, 0.3) is 11.8 Å². The van der Waals surface area contributed by atoms with E-state index in [4.69, 9.17) is 4.74 Å². The lowest BCUT2D eigenvalue weighted by Crippen LogP contribution is -2.35. The summed E-state index contributed by atoms with van der Waals surface area (Å²) in [6.45, 7) is 4.94. The molecular weight excluding hydrogens is 695 g/mol. The van der Waals surface area contributed by atoms with Gasteiger partial charge in [-0.3, -0.25) is 14.6 Å². The van der Waals surface area contributed by atoms with Gasteiger partial charge in [0.1, 0.15) is 5.75 Å². The van der Waals surface area contributed by atoms with Gasteiger partial charge >= 0.3 is 0 Å². The monoisotopic (exact) mass is 737 g/mol. The van der Waals surface area contributed by atoms with Crippen molar-refractivity contribution in [1.29, 1.82) is 0 Å². The Morgan fingerprint density at radius 2 is 1.79 bits per heavy atom. The minimum Gasteiger partial charge on any atom is -0.497 e. The molecule has 0 radical (unpaired) electrons. The molecule has 2 aromatic carbocycles. The number of aliphatic hydroxyl groups excluding tert-OH is 1. The maximum absolute atomic E-state index is 13.8. The highest BCUT2D eigenvalue weighted by Crippen LogP contribution is 2.48. The molecule has 7 rings (SSSR count). The van der Waals surface area contributed by atoms with Crippen LogP contribution in [0.15, 0.2) is 61.2 Å². The second-order valence-corrected chi connectivity index (χ2v) is 16.2. The Labute approximate surface area is 308 Å². The first-order chi connectivity index (χ1) is 25.5. The number of sulfonamides is 1. The van der Waals surface area contributed by atoms with E-state index in [1.807, 2.05) is 30.3 Å². The molecule has 0 saturated heterocycles. The van der Waals surface area contributed by atoms with E-state index in [0.717, 1.165) is 53.4 Å². The molecule has 1 aliphatic carbocycles. The van der Waals surface area contributed by atoms with Crippen molar-refractivity contribution in [2.24, 2.45) is 0 Å². The number of nitrogens with one attached hydrogen (secondary N) is 2. The van der Waals surface area contributed by atoms with Gasteiger partial charge in [0, 0.05) is 41.0 Å². The number of aliphatic hydroxyl groups is 1. The molecular formula is C39H43N7O6S. The normalized spacial score (nSPS) is 15.3. The van der Waals surface area contributed by atoms with Gasteiger partial charge in [-0.1, -0.05) is 25.3 Å². The summed E-state index contributed by atoms with van der Waals surface area (Å²) in [5.41, 5.74) is 6.44. The van der Waals surface area contributed by atoms with Gasteiger partial charge in [-0.05, 0) is 92.6 Å². The van der Waals surface area contributed by atoms with Gasteiger partial charge < -0.3 is 19.7 Å². The number of fused-ring (bicyclic) bond motifs is 5. The fourth-order valence-electron chi connectivity index (χ4n) is 7.37. The van der Waals surface area contributed by atoms with Crippen LogP contribution in [-0.2, 0) is 16.6 Å². The number of ether oxygens (including phenoxy) is 1. The van der Waals surface area contributed by atoms with Crippen molar-refractivity contribution in [3.8, 4) is 22.8 Å². The van der Waals surface area contributed by atoms with E-state index in [1.165, 1.54) is 32.0 Å². The van der Waals surface area contributed by atoms with Crippen molar-refractivity contribution in [2.45, 2.75) is 76.7 Å². The van der Waals surface area contributed by atoms with Crippen LogP contribution in [0.2, 0.25) is 0 Å². The smallest absolute Gasteiger partial charge is 0.264 e. The Kier molecular flexibility index (Phi) is 9.92. The molecule has 276 valence electrons. The Bertz CT molecular complexity index is 2340. The summed E-state index contributed by atoms with van der Waals surface area (Å²) in [6, 6.07) is 11.3. The zero-order valence-corrected chi connectivity index (χ0v) is 31.0. The van der Waals surface area contributed by atoms with Crippen LogP contribution < -0.4 is 14.8 Å². The lowest BCUT2D eigenvalue weighted by atomic mass is 9.81. The van der Waals surface area contributed by atoms with Crippen molar-refractivity contribution >= 4 is 44.4 Å². The van der Waals surface area contributed by atoms with Crippen molar-refractivity contribution in [3.05, 3.63) is 89.1 Å². The molecule has 1 saturated carbocycles. The molecule has 0 spiro atoms. The lowest BCUT2D eigenvalue weighted by molar-refractivity contribution is 0.0922. The fraction of sp³-hybridized carbons (Fsp3) is 0.359. The van der Waals surface area contributed by atoms with E-state index in [9.17, 15) is 23.1 Å². The summed E-state index contributed by atoms with van der Waals surface area (Å²) >= 11 is 0. The number of methoxy groups -OCH3 is 1. The average Bonchev–Trinajstić information content (AvgIpc) is 3.69. The first-order valence-electron chi connectivity index (χ1n) is 17.9. The summed E-state index contributed by atoms with van der Waals surface area (Å²) in [7, 11) is -2.26. The number of amides is 2. The van der Waals surface area contributed by atoms with Crippen LogP contribution in [0.3, 0.4) is 0 Å². The summed E-state index contributed by atoms with van der Waals surface area (Å²) < 4.78 is 37.1. The van der Waals surface area contributed by atoms with Crippen LogP contribution in [0.1, 0.15) is 96.3 Å². The molecule has 4 heterocycles. The number of carbonyl (C=O) groups excluding carboxylic acids is 2. The minimum absolute atomic E-state index is 0.0438. The Hall–Kier alpha value is -5.34. The van der Waals surface area contributed by atoms with Crippen molar-refractivity contribution < 1.29 is 27.9 Å². The first-order valence-corrected chi connectivity index (χ1v) is 19.4. The highest BCUT2D eigenvalue weighted by molar-refractivity contribution is 7.90. The summed E-state index contributed by atoms with van der Waals surface area (Å²) in [4.78, 5) is 36.0. The topological polar surface area (TPSA) is 170 Å². The summed E-state index contributed by atoms with van der Waals surface area (Å²) in [5.74, 6) is 0.192. The number of allylic oxidation sites excluding steroid dienone is 1. The first kappa shape index (κ1) is 36.0. The lowest BCUT2D eigenvalue weighted by Gasteiger charge is -2.24. The standard InChI is InChI=1S/C39H43N7O6S/c1-23(2)53(50,51)44-38(48)26-10-12-31-33(18-26)45-22-28(36-32(39(49)42-19-24(3)47)20-43-46(36)34-21-40-14-15-41-34)16-27-17-29(52-4)11-13-30(27)37(45)35(31)25-8-6-5-7-9-25/h10-18,20-21,23-25,47H,5-9,19,22H2,1-4H3,(H,42,49)(H,44,48)/t24-/m1/s1. The maximum Gasteiger partial charge on any atom is 0.264 e. The van der Waals surface area contributed by atoms with Gasteiger partial charge in [-0.2, -0.15) is 5.10 Å². The van der Waals surface area contributed by atoms with Crippen LogP contribution in [0.4, 0.5) is 0 Å². The second-order valence-electron chi connectivity index (χ2n) is 14.0. The van der Waals surface area contributed by atoms with Crippen molar-refractivity contribution in [2.75, 3.05) is 13.7 Å². The van der Waals surface area contributed by atoms with E-state index in [1.54, 1.807) is 49.4 Å². The molecule has 5 aromatic rings. The van der Waals surface area contributed by atoms with E-state index in [2.05, 4.69) is 29.7 Å². The van der Waals surface area contributed by atoms with Crippen LogP contribution in [0, 0.1) is 0 Å². The molecule has 3 aromatic heterocycles. The van der Waals surface area contributed by atoms with Gasteiger partial charge in [-0.25, -0.2) is 22.8 Å². The highest BCUT2D eigenvalue weighted by atomic mass is 32.2. The summed E-state index contributed by atoms with van der Waals surface area (Å²) in [6.07, 6.45) is 12.8. The molecule has 2 aliphatic rings. The number of carbonyl (C=O) groups is 2. The van der Waals surface area contributed by atoms with E-state index >= 15 is 0 Å². The quantitative estimate of drug-likeness (QED) is 0.168. The highest BCUT2D eigenvalue weighted by Gasteiger charge is 2.32. The third-order valence-corrected chi connectivity index (χ3v) is 11.8. The van der Waals surface area contributed by atoms with Crippen LogP contribution in [0.25, 0.3) is 39.6 Å². The predicted octanol–water partition coefficient (Wildman–Crippen LogP) is 5.47. The summed E-state index contributed by atoms with van der Waals surface area (Å²) in [5, 5.41) is 17.6.